The number of para-hydroxylation sites is 1. The van der Waals surface area contributed by atoms with Crippen LogP contribution in [0.15, 0.2) is 53.4 Å². The van der Waals surface area contributed by atoms with Gasteiger partial charge in [0.15, 0.2) is 0 Å². The molecule has 0 spiro atoms. The molecule has 1 nitrogen and oxygen atoms in total. The van der Waals surface area contributed by atoms with Gasteiger partial charge in [0.25, 0.3) is 0 Å². The van der Waals surface area contributed by atoms with Crippen LogP contribution in [0.25, 0.3) is 0 Å². The van der Waals surface area contributed by atoms with Gasteiger partial charge < -0.3 is 5.32 Å². The lowest BCUT2D eigenvalue weighted by molar-refractivity contribution is 0.565. The van der Waals surface area contributed by atoms with Gasteiger partial charge in [0.2, 0.25) is 0 Å². The van der Waals surface area contributed by atoms with Gasteiger partial charge in [-0.25, -0.2) is 8.78 Å². The van der Waals surface area contributed by atoms with E-state index in [-0.39, 0.29) is 0 Å². The first-order valence-electron chi connectivity index (χ1n) is 6.12. The standard InChI is InChI=1S/C15H15F2NS/c16-12-7-8-15(14(17)11-12)19-10-4-9-18-13-5-2-1-3-6-13/h1-3,5-8,11,18H,4,9-10H2. The highest BCUT2D eigenvalue weighted by Gasteiger charge is 2.03. The maximum absolute atomic E-state index is 13.3. The molecule has 1 N–H and O–H groups in total. The summed E-state index contributed by atoms with van der Waals surface area (Å²) < 4.78 is 26.1. The van der Waals surface area contributed by atoms with Crippen molar-refractivity contribution in [3.8, 4) is 0 Å². The van der Waals surface area contributed by atoms with E-state index in [1.165, 1.54) is 23.9 Å². The maximum Gasteiger partial charge on any atom is 0.139 e. The first-order chi connectivity index (χ1) is 9.25. The van der Waals surface area contributed by atoms with Crippen molar-refractivity contribution in [2.24, 2.45) is 0 Å². The molecule has 0 aliphatic carbocycles. The van der Waals surface area contributed by atoms with E-state index in [1.807, 2.05) is 30.3 Å². The van der Waals surface area contributed by atoms with Gasteiger partial charge in [-0.3, -0.25) is 0 Å². The van der Waals surface area contributed by atoms with Crippen LogP contribution < -0.4 is 5.32 Å². The molecular weight excluding hydrogens is 264 g/mol. The molecule has 0 unspecified atom stereocenters. The van der Waals surface area contributed by atoms with Crippen molar-refractivity contribution in [1.82, 2.24) is 0 Å². The summed E-state index contributed by atoms with van der Waals surface area (Å²) in [6.07, 6.45) is 0.913. The number of hydrogen-bond acceptors (Lipinski definition) is 2. The molecule has 0 radical (unpaired) electrons. The third-order valence-electron chi connectivity index (χ3n) is 2.58. The molecule has 0 aliphatic heterocycles. The Morgan fingerprint density at radius 3 is 2.53 bits per heavy atom. The number of halogens is 2. The largest absolute Gasteiger partial charge is 0.385 e. The molecule has 0 bridgehead atoms. The Kier molecular flexibility index (Phi) is 5.21. The second-order valence-corrected chi connectivity index (χ2v) is 5.21. The van der Waals surface area contributed by atoms with Crippen molar-refractivity contribution < 1.29 is 8.78 Å². The normalized spacial score (nSPS) is 10.4. The van der Waals surface area contributed by atoms with Crippen molar-refractivity contribution in [2.75, 3.05) is 17.6 Å². The highest BCUT2D eigenvalue weighted by atomic mass is 32.2. The third kappa shape index (κ3) is 4.56. The fraction of sp³-hybridized carbons (Fsp3) is 0.200. The smallest absolute Gasteiger partial charge is 0.139 e. The Hall–Kier alpha value is -1.55. The molecule has 2 rings (SSSR count). The van der Waals surface area contributed by atoms with Gasteiger partial charge in [0.05, 0.1) is 0 Å². The Morgan fingerprint density at radius 1 is 1.00 bits per heavy atom. The molecule has 2 aromatic rings. The van der Waals surface area contributed by atoms with Crippen molar-refractivity contribution in [3.05, 3.63) is 60.2 Å². The summed E-state index contributed by atoms with van der Waals surface area (Å²) in [5.74, 6) is -0.226. The van der Waals surface area contributed by atoms with Gasteiger partial charge in [-0.15, -0.1) is 11.8 Å². The average molecular weight is 279 g/mol. The topological polar surface area (TPSA) is 12.0 Å². The molecule has 0 aliphatic rings. The van der Waals surface area contributed by atoms with Crippen LogP contribution in [0.4, 0.5) is 14.5 Å². The number of hydrogen-bond donors (Lipinski definition) is 1. The van der Waals surface area contributed by atoms with Crippen molar-refractivity contribution in [1.29, 1.82) is 0 Å². The van der Waals surface area contributed by atoms with Gasteiger partial charge in [0.1, 0.15) is 11.6 Å². The van der Waals surface area contributed by atoms with E-state index in [4.69, 9.17) is 0 Å². The summed E-state index contributed by atoms with van der Waals surface area (Å²) in [7, 11) is 0. The van der Waals surface area contributed by atoms with Crippen LogP contribution in [-0.4, -0.2) is 12.3 Å². The summed E-state index contributed by atoms with van der Waals surface area (Å²) in [4.78, 5) is 0.501. The first-order valence-corrected chi connectivity index (χ1v) is 7.11. The summed E-state index contributed by atoms with van der Waals surface area (Å²) in [6, 6.07) is 13.6. The molecule has 0 aromatic heterocycles. The molecule has 4 heteroatoms. The molecule has 0 saturated heterocycles. The number of anilines is 1. The molecule has 0 heterocycles. The quantitative estimate of drug-likeness (QED) is 0.614. The minimum Gasteiger partial charge on any atom is -0.385 e. The van der Waals surface area contributed by atoms with Crippen molar-refractivity contribution in [3.63, 3.8) is 0 Å². The Balaban J connectivity index is 1.69. The van der Waals surface area contributed by atoms with Gasteiger partial charge in [-0.05, 0) is 36.4 Å². The SMILES string of the molecule is Fc1ccc(SCCCNc2ccccc2)c(F)c1. The minimum atomic E-state index is -0.535. The number of thioether (sulfide) groups is 1. The van der Waals surface area contributed by atoms with Crippen LogP contribution >= 0.6 is 11.8 Å². The maximum atomic E-state index is 13.3. The Labute approximate surface area is 116 Å². The molecule has 2 aromatic carbocycles. The zero-order valence-corrected chi connectivity index (χ0v) is 11.2. The lowest BCUT2D eigenvalue weighted by Crippen LogP contribution is -2.02. The lowest BCUT2D eigenvalue weighted by Gasteiger charge is -2.06. The summed E-state index contributed by atoms with van der Waals surface area (Å²) in [6.45, 7) is 0.833. The van der Waals surface area contributed by atoms with E-state index >= 15 is 0 Å². The van der Waals surface area contributed by atoms with Crippen molar-refractivity contribution >= 4 is 17.4 Å². The number of nitrogens with one attached hydrogen (secondary N) is 1. The summed E-state index contributed by atoms with van der Waals surface area (Å²) >= 11 is 1.41. The number of rotatable bonds is 6. The Bertz CT molecular complexity index is 517. The molecule has 100 valence electrons. The predicted octanol–water partition coefficient (Wildman–Crippen LogP) is 4.56. The van der Waals surface area contributed by atoms with Gasteiger partial charge >= 0.3 is 0 Å². The molecule has 0 fully saturated rings. The van der Waals surface area contributed by atoms with E-state index in [2.05, 4.69) is 5.32 Å². The second kappa shape index (κ2) is 7.14. The van der Waals surface area contributed by atoms with Crippen LogP contribution in [-0.2, 0) is 0 Å². The van der Waals surface area contributed by atoms with Crippen LogP contribution in [0, 0.1) is 11.6 Å². The van der Waals surface area contributed by atoms with Gasteiger partial charge in [0, 0.05) is 23.2 Å². The van der Waals surface area contributed by atoms with E-state index in [9.17, 15) is 8.78 Å². The fourth-order valence-corrected chi connectivity index (χ4v) is 2.50. The van der Waals surface area contributed by atoms with E-state index in [1.54, 1.807) is 0 Å². The summed E-state index contributed by atoms with van der Waals surface area (Å²) in [5.41, 5.74) is 1.08. The molecule has 0 atom stereocenters. The van der Waals surface area contributed by atoms with E-state index in [0.29, 0.717) is 4.90 Å². The number of benzene rings is 2. The molecule has 0 saturated carbocycles. The van der Waals surface area contributed by atoms with Crippen LogP contribution in [0.3, 0.4) is 0 Å². The van der Waals surface area contributed by atoms with Crippen LogP contribution in [0.5, 0.6) is 0 Å². The lowest BCUT2D eigenvalue weighted by atomic mass is 10.3. The molecular formula is C15H15F2NS. The van der Waals surface area contributed by atoms with Crippen molar-refractivity contribution in [2.45, 2.75) is 11.3 Å². The molecule has 19 heavy (non-hydrogen) atoms. The monoisotopic (exact) mass is 279 g/mol. The zero-order valence-electron chi connectivity index (χ0n) is 10.4. The predicted molar refractivity (Wildman–Crippen MR) is 76.6 cm³/mol. The minimum absolute atomic E-state index is 0.485. The van der Waals surface area contributed by atoms with E-state index in [0.717, 1.165) is 30.5 Å². The fourth-order valence-electron chi connectivity index (χ4n) is 1.64. The van der Waals surface area contributed by atoms with E-state index < -0.39 is 11.6 Å². The third-order valence-corrected chi connectivity index (χ3v) is 3.71. The van der Waals surface area contributed by atoms with Gasteiger partial charge in [-0.2, -0.15) is 0 Å². The van der Waals surface area contributed by atoms with Crippen LogP contribution in [0.2, 0.25) is 0 Å². The highest BCUT2D eigenvalue weighted by molar-refractivity contribution is 7.99. The second-order valence-electron chi connectivity index (χ2n) is 4.07. The summed E-state index contributed by atoms with van der Waals surface area (Å²) in [5, 5.41) is 3.29. The van der Waals surface area contributed by atoms with Crippen LogP contribution in [0.1, 0.15) is 6.42 Å². The zero-order chi connectivity index (χ0) is 13.5. The molecule has 0 amide bonds. The first kappa shape index (κ1) is 13.9. The average Bonchev–Trinajstić information content (AvgIpc) is 2.42. The van der Waals surface area contributed by atoms with Gasteiger partial charge in [-0.1, -0.05) is 18.2 Å². The highest BCUT2D eigenvalue weighted by Crippen LogP contribution is 2.22. The Morgan fingerprint density at radius 2 is 1.79 bits per heavy atom.